The summed E-state index contributed by atoms with van der Waals surface area (Å²) in [5.74, 6) is 1.18. The molecule has 0 unspecified atom stereocenters. The maximum Gasteiger partial charge on any atom is 0.416 e. The highest BCUT2D eigenvalue weighted by molar-refractivity contribution is 5.97. The van der Waals surface area contributed by atoms with Gasteiger partial charge >= 0.3 is 6.18 Å². The van der Waals surface area contributed by atoms with E-state index in [1.165, 1.54) is 18.2 Å². The Bertz CT molecular complexity index is 1040. The van der Waals surface area contributed by atoms with E-state index in [2.05, 4.69) is 9.97 Å². The Labute approximate surface area is 169 Å². The lowest BCUT2D eigenvalue weighted by Gasteiger charge is -2.19. The second-order valence-corrected chi connectivity index (χ2v) is 6.52. The average Bonchev–Trinajstić information content (AvgIpc) is 2.88. The molecule has 1 amide bonds. The first-order chi connectivity index (χ1) is 14.4. The topological polar surface area (TPSA) is 64.6 Å². The van der Waals surface area contributed by atoms with Crippen LogP contribution < -0.4 is 9.47 Å². The molecule has 0 radical (unpaired) electrons. The number of amides is 1. The first-order valence-electron chi connectivity index (χ1n) is 9.07. The smallest absolute Gasteiger partial charge is 0.416 e. The predicted octanol–water partition coefficient (Wildman–Crippen LogP) is 4.32. The van der Waals surface area contributed by atoms with E-state index in [4.69, 9.17) is 9.47 Å². The summed E-state index contributed by atoms with van der Waals surface area (Å²) in [6, 6.07) is 10.7. The van der Waals surface area contributed by atoms with Crippen LogP contribution in [0.25, 0.3) is 0 Å². The molecule has 4 rings (SSSR count). The molecule has 6 nitrogen and oxygen atoms in total. The van der Waals surface area contributed by atoms with E-state index in [9.17, 15) is 18.0 Å². The average molecular weight is 415 g/mol. The first-order valence-corrected chi connectivity index (χ1v) is 9.07. The van der Waals surface area contributed by atoms with Crippen LogP contribution in [0.2, 0.25) is 0 Å². The fourth-order valence-electron chi connectivity index (χ4n) is 2.98. The molecule has 2 aromatic carbocycles. The number of alkyl halides is 3. The third kappa shape index (κ3) is 4.35. The predicted molar refractivity (Wildman–Crippen MR) is 100 cm³/mol. The molecule has 0 fully saturated rings. The Morgan fingerprint density at radius 2 is 1.73 bits per heavy atom. The van der Waals surface area contributed by atoms with Gasteiger partial charge in [0, 0.05) is 12.4 Å². The summed E-state index contributed by atoms with van der Waals surface area (Å²) >= 11 is 0. The minimum Gasteiger partial charge on any atom is -0.491 e. The molecule has 0 aliphatic carbocycles. The number of rotatable bonds is 4. The van der Waals surface area contributed by atoms with Gasteiger partial charge in [0.25, 0.3) is 5.91 Å². The van der Waals surface area contributed by atoms with Crippen LogP contribution in [0.1, 0.15) is 21.7 Å². The van der Waals surface area contributed by atoms with Gasteiger partial charge in [-0.25, -0.2) is 9.97 Å². The zero-order valence-electron chi connectivity index (χ0n) is 15.6. The third-order valence-electron chi connectivity index (χ3n) is 4.46. The van der Waals surface area contributed by atoms with Crippen molar-refractivity contribution in [2.75, 3.05) is 13.2 Å². The second kappa shape index (κ2) is 8.02. The molecule has 0 bridgehead atoms. The van der Waals surface area contributed by atoms with E-state index < -0.39 is 11.7 Å². The highest BCUT2D eigenvalue weighted by Crippen LogP contribution is 2.33. The lowest BCUT2D eigenvalue weighted by atomic mass is 10.1. The molecule has 154 valence electrons. The number of benzene rings is 2. The molecule has 0 saturated heterocycles. The van der Waals surface area contributed by atoms with Crippen LogP contribution in [0.4, 0.5) is 13.2 Å². The van der Waals surface area contributed by atoms with Crippen molar-refractivity contribution in [3.8, 4) is 17.2 Å². The Balaban J connectivity index is 1.55. The van der Waals surface area contributed by atoms with Crippen LogP contribution in [0, 0.1) is 0 Å². The molecule has 1 aliphatic rings. The highest BCUT2D eigenvalue weighted by atomic mass is 19.4. The van der Waals surface area contributed by atoms with E-state index in [1.807, 2.05) is 0 Å². The van der Waals surface area contributed by atoms with Gasteiger partial charge in [-0.3, -0.25) is 4.79 Å². The monoisotopic (exact) mass is 415 g/mol. The SMILES string of the molecule is O=C1c2cc(Oc3ccc(C(F)(F)F)cc3)ccc2OCCN1Cc1ncccn1. The number of carbonyl (C=O) groups excluding carboxylic acids is 1. The number of aromatic nitrogens is 2. The zero-order chi connectivity index (χ0) is 21.1. The molecule has 0 saturated carbocycles. The molecular formula is C21H16F3N3O3. The number of fused-ring (bicyclic) bond motifs is 1. The molecule has 0 N–H and O–H groups in total. The Kier molecular flexibility index (Phi) is 5.26. The summed E-state index contributed by atoms with van der Waals surface area (Å²) < 4.78 is 49.4. The van der Waals surface area contributed by atoms with Crippen LogP contribution in [0.3, 0.4) is 0 Å². The number of nitrogens with zero attached hydrogens (tertiary/aromatic N) is 3. The number of halogens is 3. The maximum atomic E-state index is 13.0. The van der Waals surface area contributed by atoms with Gasteiger partial charge in [-0.2, -0.15) is 13.2 Å². The molecule has 0 spiro atoms. The van der Waals surface area contributed by atoms with E-state index in [0.717, 1.165) is 12.1 Å². The number of hydrogen-bond acceptors (Lipinski definition) is 5. The lowest BCUT2D eigenvalue weighted by Crippen LogP contribution is -2.32. The number of hydrogen-bond donors (Lipinski definition) is 0. The molecular weight excluding hydrogens is 399 g/mol. The van der Waals surface area contributed by atoms with Gasteiger partial charge in [0.1, 0.15) is 29.7 Å². The zero-order valence-corrected chi connectivity index (χ0v) is 15.6. The van der Waals surface area contributed by atoms with Gasteiger partial charge in [-0.1, -0.05) is 0 Å². The summed E-state index contributed by atoms with van der Waals surface area (Å²) in [5.41, 5.74) is -0.466. The van der Waals surface area contributed by atoms with Crippen LogP contribution in [0.15, 0.2) is 60.9 Å². The second-order valence-electron chi connectivity index (χ2n) is 6.52. The normalized spacial score (nSPS) is 14.0. The summed E-state index contributed by atoms with van der Waals surface area (Å²) in [6.45, 7) is 0.901. The van der Waals surface area contributed by atoms with E-state index in [-0.39, 0.29) is 18.2 Å². The first kappa shape index (κ1) is 19.7. The van der Waals surface area contributed by atoms with Crippen molar-refractivity contribution in [3.05, 3.63) is 77.9 Å². The Morgan fingerprint density at radius 1 is 1.03 bits per heavy atom. The van der Waals surface area contributed by atoms with Gasteiger partial charge in [-0.15, -0.1) is 0 Å². The summed E-state index contributed by atoms with van der Waals surface area (Å²) in [7, 11) is 0. The summed E-state index contributed by atoms with van der Waals surface area (Å²) in [5, 5.41) is 0. The molecule has 1 aliphatic heterocycles. The van der Waals surface area contributed by atoms with Crippen molar-refractivity contribution in [1.82, 2.24) is 14.9 Å². The van der Waals surface area contributed by atoms with Crippen molar-refractivity contribution < 1.29 is 27.4 Å². The summed E-state index contributed by atoms with van der Waals surface area (Å²) in [4.78, 5) is 22.9. The molecule has 1 aromatic heterocycles. The van der Waals surface area contributed by atoms with Crippen molar-refractivity contribution >= 4 is 5.91 Å². The minimum absolute atomic E-state index is 0.222. The van der Waals surface area contributed by atoms with Crippen LogP contribution >= 0.6 is 0 Å². The molecule has 30 heavy (non-hydrogen) atoms. The van der Waals surface area contributed by atoms with E-state index in [0.29, 0.717) is 36.0 Å². The van der Waals surface area contributed by atoms with Crippen LogP contribution in [-0.2, 0) is 12.7 Å². The van der Waals surface area contributed by atoms with Gasteiger partial charge in [0.15, 0.2) is 0 Å². The standard InChI is InChI=1S/C21H16F3N3O3/c22-21(23,24)14-2-4-15(5-3-14)30-16-6-7-18-17(12-16)20(28)27(10-11-29-18)13-19-25-8-1-9-26-19/h1-9,12H,10-11,13H2. The van der Waals surface area contributed by atoms with Gasteiger partial charge < -0.3 is 14.4 Å². The molecule has 3 aromatic rings. The lowest BCUT2D eigenvalue weighted by molar-refractivity contribution is -0.137. The largest absolute Gasteiger partial charge is 0.491 e. The summed E-state index contributed by atoms with van der Waals surface area (Å²) in [6.07, 6.45) is -1.21. The van der Waals surface area contributed by atoms with Crippen molar-refractivity contribution in [2.45, 2.75) is 12.7 Å². The molecule has 2 heterocycles. The van der Waals surface area contributed by atoms with Gasteiger partial charge in [0.2, 0.25) is 0 Å². The Morgan fingerprint density at radius 3 is 2.43 bits per heavy atom. The van der Waals surface area contributed by atoms with Crippen LogP contribution in [0.5, 0.6) is 17.2 Å². The van der Waals surface area contributed by atoms with Crippen LogP contribution in [-0.4, -0.2) is 33.9 Å². The molecule has 0 atom stereocenters. The third-order valence-corrected chi connectivity index (χ3v) is 4.46. The fraction of sp³-hybridized carbons (Fsp3) is 0.190. The van der Waals surface area contributed by atoms with Gasteiger partial charge in [0.05, 0.1) is 24.2 Å². The van der Waals surface area contributed by atoms with Crippen molar-refractivity contribution in [2.24, 2.45) is 0 Å². The van der Waals surface area contributed by atoms with Gasteiger partial charge in [-0.05, 0) is 48.5 Å². The highest BCUT2D eigenvalue weighted by Gasteiger charge is 2.30. The van der Waals surface area contributed by atoms with E-state index in [1.54, 1.807) is 35.5 Å². The number of ether oxygens (including phenoxy) is 2. The van der Waals surface area contributed by atoms with Crippen molar-refractivity contribution in [1.29, 1.82) is 0 Å². The maximum absolute atomic E-state index is 13.0. The quantitative estimate of drug-likeness (QED) is 0.635. The minimum atomic E-state index is -4.42. The Hall–Kier alpha value is -3.62. The fourth-order valence-corrected chi connectivity index (χ4v) is 2.98. The van der Waals surface area contributed by atoms with E-state index >= 15 is 0 Å². The van der Waals surface area contributed by atoms with Crippen molar-refractivity contribution in [3.63, 3.8) is 0 Å². The molecule has 9 heteroatoms. The number of carbonyl (C=O) groups is 1.